The van der Waals surface area contributed by atoms with E-state index < -0.39 is 0 Å². The van der Waals surface area contributed by atoms with Crippen LogP contribution < -0.4 is 5.56 Å². The van der Waals surface area contributed by atoms with Crippen LogP contribution in [0.25, 0.3) is 0 Å². The van der Waals surface area contributed by atoms with Crippen LogP contribution in [0.4, 0.5) is 4.39 Å². The molecule has 120 valence electrons. The van der Waals surface area contributed by atoms with E-state index >= 15 is 0 Å². The fraction of sp³-hybridized carbons (Fsp3) is 0.0588. The van der Waals surface area contributed by atoms with Gasteiger partial charge in [-0.3, -0.25) is 9.89 Å². The molecule has 0 aliphatic carbocycles. The molecule has 1 aromatic heterocycles. The van der Waals surface area contributed by atoms with E-state index in [0.29, 0.717) is 17.7 Å². The van der Waals surface area contributed by atoms with Crippen molar-refractivity contribution in [2.24, 2.45) is 5.10 Å². The number of aromatic nitrogens is 3. The third-order valence-electron chi connectivity index (χ3n) is 3.32. The van der Waals surface area contributed by atoms with Crippen LogP contribution in [0.2, 0.25) is 0 Å². The Bertz CT molecular complexity index is 978. The Balaban J connectivity index is 1.93. The Hall–Kier alpha value is -2.93. The number of H-pyrrole nitrogens is 1. The van der Waals surface area contributed by atoms with Gasteiger partial charge in [-0.2, -0.15) is 14.9 Å². The molecule has 0 spiro atoms. The highest BCUT2D eigenvalue weighted by atomic mass is 32.1. The summed E-state index contributed by atoms with van der Waals surface area (Å²) in [6, 6.07) is 15.3. The summed E-state index contributed by atoms with van der Waals surface area (Å²) in [5, 5.41) is 10.7. The highest BCUT2D eigenvalue weighted by Crippen LogP contribution is 2.03. The van der Waals surface area contributed by atoms with Crippen LogP contribution in [-0.2, 0) is 6.42 Å². The number of hydrogen-bond donors (Lipinski definition) is 1. The molecule has 3 aromatic rings. The zero-order valence-corrected chi connectivity index (χ0v) is 13.3. The van der Waals surface area contributed by atoms with Gasteiger partial charge in [0.2, 0.25) is 4.77 Å². The lowest BCUT2D eigenvalue weighted by atomic mass is 10.1. The average molecular weight is 340 g/mol. The van der Waals surface area contributed by atoms with Gasteiger partial charge in [-0.1, -0.05) is 42.5 Å². The molecule has 0 saturated heterocycles. The first-order chi connectivity index (χ1) is 11.6. The molecule has 3 rings (SSSR count). The van der Waals surface area contributed by atoms with Crippen molar-refractivity contribution in [1.29, 1.82) is 0 Å². The van der Waals surface area contributed by atoms with Crippen molar-refractivity contribution in [1.82, 2.24) is 14.9 Å². The molecule has 0 amide bonds. The van der Waals surface area contributed by atoms with Crippen molar-refractivity contribution in [2.75, 3.05) is 0 Å². The predicted octanol–water partition coefficient (Wildman–Crippen LogP) is 2.91. The summed E-state index contributed by atoms with van der Waals surface area (Å²) in [7, 11) is 0. The number of rotatable bonds is 4. The monoisotopic (exact) mass is 340 g/mol. The van der Waals surface area contributed by atoms with Crippen LogP contribution in [0.5, 0.6) is 0 Å². The smallest absolute Gasteiger partial charge is 0.265 e. The number of halogens is 1. The average Bonchev–Trinajstić information content (AvgIpc) is 2.60. The van der Waals surface area contributed by atoms with E-state index in [1.54, 1.807) is 12.1 Å². The van der Waals surface area contributed by atoms with Crippen molar-refractivity contribution < 1.29 is 4.39 Å². The summed E-state index contributed by atoms with van der Waals surface area (Å²) >= 11 is 5.07. The fourth-order valence-corrected chi connectivity index (χ4v) is 2.28. The van der Waals surface area contributed by atoms with Gasteiger partial charge in [-0.25, -0.2) is 4.39 Å². The van der Waals surface area contributed by atoms with E-state index in [-0.39, 0.29) is 16.1 Å². The molecule has 1 heterocycles. The fourth-order valence-electron chi connectivity index (χ4n) is 2.11. The highest BCUT2D eigenvalue weighted by molar-refractivity contribution is 7.71. The van der Waals surface area contributed by atoms with Crippen molar-refractivity contribution in [3.05, 3.63) is 92.4 Å². The summed E-state index contributed by atoms with van der Waals surface area (Å²) in [5.74, 6) is -0.337. The van der Waals surface area contributed by atoms with Crippen LogP contribution in [0, 0.1) is 10.6 Å². The second-order valence-corrected chi connectivity index (χ2v) is 5.44. The minimum absolute atomic E-state index is 0.0928. The topological polar surface area (TPSA) is 63.0 Å². The van der Waals surface area contributed by atoms with Crippen molar-refractivity contribution in [2.45, 2.75) is 6.42 Å². The van der Waals surface area contributed by atoms with Gasteiger partial charge in [0.1, 0.15) is 11.5 Å². The maximum absolute atomic E-state index is 12.9. The van der Waals surface area contributed by atoms with Crippen LogP contribution in [0.15, 0.2) is 64.5 Å². The Morgan fingerprint density at radius 1 is 1.17 bits per heavy atom. The summed E-state index contributed by atoms with van der Waals surface area (Å²) in [6.45, 7) is 0. The molecule has 5 nitrogen and oxygen atoms in total. The molecule has 0 atom stereocenters. The number of nitrogens with one attached hydrogen (secondary N) is 1. The van der Waals surface area contributed by atoms with Gasteiger partial charge in [-0.15, -0.1) is 0 Å². The molecule has 0 unspecified atom stereocenters. The Kier molecular flexibility index (Phi) is 4.72. The van der Waals surface area contributed by atoms with Gasteiger partial charge < -0.3 is 0 Å². The Morgan fingerprint density at radius 3 is 2.58 bits per heavy atom. The van der Waals surface area contributed by atoms with Crippen molar-refractivity contribution >= 4 is 18.4 Å². The third kappa shape index (κ3) is 3.69. The minimum Gasteiger partial charge on any atom is -0.265 e. The molecule has 0 radical (unpaired) electrons. The lowest BCUT2D eigenvalue weighted by Gasteiger charge is -2.03. The van der Waals surface area contributed by atoms with Gasteiger partial charge in [0, 0.05) is 6.42 Å². The van der Waals surface area contributed by atoms with Gasteiger partial charge in [0.15, 0.2) is 0 Å². The molecule has 0 saturated carbocycles. The first-order valence-electron chi connectivity index (χ1n) is 7.18. The Morgan fingerprint density at radius 2 is 1.88 bits per heavy atom. The standard InChI is InChI=1S/C17H13FN4OS/c18-14-8-6-13(7-9-14)11-19-22-16(23)15(20-21-17(22)24)10-12-4-2-1-3-5-12/h1-9,11H,10H2,(H,21,24)/b19-11+. The molecule has 0 aliphatic rings. The minimum atomic E-state index is -0.388. The van der Waals surface area contributed by atoms with E-state index in [1.807, 2.05) is 30.3 Å². The molecular formula is C17H13FN4OS. The van der Waals surface area contributed by atoms with Gasteiger partial charge >= 0.3 is 0 Å². The van der Waals surface area contributed by atoms with E-state index in [0.717, 1.165) is 10.2 Å². The van der Waals surface area contributed by atoms with Crippen LogP contribution in [0.1, 0.15) is 16.8 Å². The summed E-state index contributed by atoms with van der Waals surface area (Å²) < 4.78 is 14.1. The van der Waals surface area contributed by atoms with Crippen LogP contribution >= 0.6 is 12.2 Å². The van der Waals surface area contributed by atoms with E-state index in [2.05, 4.69) is 15.3 Å². The molecule has 24 heavy (non-hydrogen) atoms. The molecule has 1 N–H and O–H groups in total. The second-order valence-electron chi connectivity index (χ2n) is 5.05. The first kappa shape index (κ1) is 15.9. The SMILES string of the molecule is O=c1c(Cc2ccccc2)n[nH]c(=S)n1/N=C/c1ccc(F)cc1. The van der Waals surface area contributed by atoms with Gasteiger partial charge in [0.25, 0.3) is 5.56 Å². The number of hydrogen-bond acceptors (Lipinski definition) is 4. The van der Waals surface area contributed by atoms with E-state index in [9.17, 15) is 9.18 Å². The molecule has 0 aliphatic heterocycles. The number of nitrogens with zero attached hydrogens (tertiary/aromatic N) is 3. The van der Waals surface area contributed by atoms with Crippen LogP contribution in [-0.4, -0.2) is 21.1 Å². The lowest BCUT2D eigenvalue weighted by molar-refractivity contribution is 0.628. The van der Waals surface area contributed by atoms with Crippen molar-refractivity contribution in [3.8, 4) is 0 Å². The largest absolute Gasteiger partial charge is 0.297 e. The quantitative estimate of drug-likeness (QED) is 0.587. The normalized spacial score (nSPS) is 11.0. The van der Waals surface area contributed by atoms with Gasteiger partial charge in [0.05, 0.1) is 6.21 Å². The second kappa shape index (κ2) is 7.10. The number of benzene rings is 2. The summed E-state index contributed by atoms with van der Waals surface area (Å²) in [6.07, 6.45) is 1.81. The summed E-state index contributed by atoms with van der Waals surface area (Å²) in [5.41, 5.74) is 1.54. The Labute approximate surface area is 142 Å². The maximum Gasteiger partial charge on any atom is 0.297 e. The molecule has 7 heteroatoms. The van der Waals surface area contributed by atoms with E-state index in [1.165, 1.54) is 18.3 Å². The number of aromatic amines is 1. The predicted molar refractivity (Wildman–Crippen MR) is 92.3 cm³/mol. The first-order valence-corrected chi connectivity index (χ1v) is 7.59. The molecule has 0 fully saturated rings. The van der Waals surface area contributed by atoms with Crippen LogP contribution in [0.3, 0.4) is 0 Å². The molecular weight excluding hydrogens is 327 g/mol. The molecule has 2 aromatic carbocycles. The van der Waals surface area contributed by atoms with Gasteiger partial charge in [-0.05, 0) is 35.5 Å². The van der Waals surface area contributed by atoms with Crippen molar-refractivity contribution in [3.63, 3.8) is 0 Å². The maximum atomic E-state index is 12.9. The molecule has 0 bridgehead atoms. The lowest BCUT2D eigenvalue weighted by Crippen LogP contribution is -2.25. The third-order valence-corrected chi connectivity index (χ3v) is 3.59. The highest BCUT2D eigenvalue weighted by Gasteiger charge is 2.07. The van der Waals surface area contributed by atoms with E-state index in [4.69, 9.17) is 12.2 Å². The summed E-state index contributed by atoms with van der Waals surface area (Å²) in [4.78, 5) is 12.5. The zero-order valence-electron chi connectivity index (χ0n) is 12.5. The zero-order chi connectivity index (χ0) is 16.9.